The molecule has 2 rings (SSSR count). The number of ether oxygens (including phenoxy) is 2. The Balaban J connectivity index is 0.000000845. The molecule has 0 bridgehead atoms. The number of fused-ring (bicyclic) bond motifs is 1. The first-order valence-corrected chi connectivity index (χ1v) is 4.34. The molecule has 0 saturated carbocycles. The van der Waals surface area contributed by atoms with Crippen molar-refractivity contribution in [1.29, 1.82) is 0 Å². The highest BCUT2D eigenvalue weighted by Crippen LogP contribution is 2.32. The molecule has 0 amide bonds. The molecule has 4 nitrogen and oxygen atoms in total. The molecule has 0 saturated heterocycles. The Morgan fingerprint density at radius 3 is 2.69 bits per heavy atom. The van der Waals surface area contributed by atoms with E-state index in [0.29, 0.717) is 11.5 Å². The fraction of sp³-hybridized carbons (Fsp3) is 0.250. The van der Waals surface area contributed by atoms with Gasteiger partial charge in [-0.15, -0.1) is 0 Å². The van der Waals surface area contributed by atoms with E-state index in [1.54, 1.807) is 6.07 Å². The van der Waals surface area contributed by atoms with Crippen molar-refractivity contribution in [2.24, 2.45) is 0 Å². The molecule has 0 fully saturated rings. The Hall–Kier alpha value is -1.07. The topological polar surface area (TPSA) is 58.6 Å². The van der Waals surface area contributed by atoms with Crippen molar-refractivity contribution in [3.05, 3.63) is 18.2 Å². The highest BCUT2D eigenvalue weighted by atomic mass is 32.2. The summed E-state index contributed by atoms with van der Waals surface area (Å²) in [5.41, 5.74) is 0. The van der Waals surface area contributed by atoms with Gasteiger partial charge in [0.25, 0.3) is 0 Å². The van der Waals surface area contributed by atoms with E-state index in [1.165, 1.54) is 12.1 Å². The second kappa shape index (κ2) is 3.76. The predicted octanol–water partition coefficient (Wildman–Crippen LogP) is 1.29. The SMILES string of the molecule is C.O=S([O-])c1ccc2c(c1)OCO2. The van der Waals surface area contributed by atoms with Gasteiger partial charge in [0.15, 0.2) is 11.5 Å². The Morgan fingerprint density at radius 2 is 2.00 bits per heavy atom. The largest absolute Gasteiger partial charge is 0.768 e. The van der Waals surface area contributed by atoms with Crippen LogP contribution in [0, 0.1) is 0 Å². The van der Waals surface area contributed by atoms with Gasteiger partial charge in [-0.25, -0.2) is 0 Å². The summed E-state index contributed by atoms with van der Waals surface area (Å²) in [7, 11) is 0. The van der Waals surface area contributed by atoms with E-state index in [4.69, 9.17) is 9.47 Å². The fourth-order valence-electron chi connectivity index (χ4n) is 0.981. The van der Waals surface area contributed by atoms with E-state index < -0.39 is 11.1 Å². The number of rotatable bonds is 1. The summed E-state index contributed by atoms with van der Waals surface area (Å²) < 4.78 is 31.0. The molecule has 1 aromatic rings. The van der Waals surface area contributed by atoms with Gasteiger partial charge < -0.3 is 14.0 Å². The minimum atomic E-state index is -2.21. The maximum atomic E-state index is 10.5. The monoisotopic (exact) mass is 201 g/mol. The van der Waals surface area contributed by atoms with Crippen LogP contribution in [0.25, 0.3) is 0 Å². The van der Waals surface area contributed by atoms with Crippen LogP contribution in [0.15, 0.2) is 23.1 Å². The average Bonchev–Trinajstić information content (AvgIpc) is 2.49. The van der Waals surface area contributed by atoms with Crippen molar-refractivity contribution in [3.63, 3.8) is 0 Å². The Bertz CT molecular complexity index is 337. The molecule has 1 aliphatic rings. The highest BCUT2D eigenvalue weighted by molar-refractivity contribution is 7.79. The standard InChI is InChI=1S/C7H6O4S.CH4/c8-12(9)5-1-2-6-7(3-5)11-4-10-6;/h1-3H,4H2,(H,8,9);1H4/p-1. The van der Waals surface area contributed by atoms with Crippen molar-refractivity contribution in [2.75, 3.05) is 6.79 Å². The second-order valence-corrected chi connectivity index (χ2v) is 3.19. The zero-order valence-corrected chi connectivity index (χ0v) is 6.80. The summed E-state index contributed by atoms with van der Waals surface area (Å²) >= 11 is -2.21. The summed E-state index contributed by atoms with van der Waals surface area (Å²) in [4.78, 5) is 0.208. The average molecular weight is 201 g/mol. The summed E-state index contributed by atoms with van der Waals surface area (Å²) in [6, 6.07) is 4.48. The summed E-state index contributed by atoms with van der Waals surface area (Å²) in [5, 5.41) is 0. The van der Waals surface area contributed by atoms with E-state index in [2.05, 4.69) is 0 Å². The number of benzene rings is 1. The molecule has 0 N–H and O–H groups in total. The van der Waals surface area contributed by atoms with Gasteiger partial charge in [0.2, 0.25) is 6.79 Å². The molecule has 13 heavy (non-hydrogen) atoms. The summed E-state index contributed by atoms with van der Waals surface area (Å²) in [6.45, 7) is 0.157. The minimum absolute atomic E-state index is 0. The number of hydrogen-bond donors (Lipinski definition) is 0. The lowest BCUT2D eigenvalue weighted by atomic mass is 10.3. The molecule has 1 atom stereocenters. The third-order valence-corrected chi connectivity index (χ3v) is 2.18. The molecule has 0 aliphatic carbocycles. The Labute approximate surface area is 78.8 Å². The third kappa shape index (κ3) is 1.81. The van der Waals surface area contributed by atoms with E-state index in [-0.39, 0.29) is 19.1 Å². The van der Waals surface area contributed by atoms with Crippen LogP contribution in [0.4, 0.5) is 0 Å². The first kappa shape index (κ1) is 10.0. The first-order valence-electron chi connectivity index (χ1n) is 3.26. The molecule has 1 aromatic carbocycles. The van der Waals surface area contributed by atoms with E-state index >= 15 is 0 Å². The first-order chi connectivity index (χ1) is 5.77. The molecule has 1 unspecified atom stereocenters. The van der Waals surface area contributed by atoms with Crippen LogP contribution in [-0.2, 0) is 11.1 Å². The Kier molecular flexibility index (Phi) is 2.90. The van der Waals surface area contributed by atoms with Gasteiger partial charge in [-0.1, -0.05) is 7.43 Å². The molecule has 5 heteroatoms. The smallest absolute Gasteiger partial charge is 0.231 e. The van der Waals surface area contributed by atoms with Gasteiger partial charge in [0.1, 0.15) is 0 Å². The third-order valence-electron chi connectivity index (χ3n) is 1.54. The zero-order chi connectivity index (χ0) is 8.55. The van der Waals surface area contributed by atoms with E-state index in [1.807, 2.05) is 0 Å². The molecule has 0 spiro atoms. The molecular weight excluding hydrogens is 192 g/mol. The van der Waals surface area contributed by atoms with Crippen molar-refractivity contribution in [3.8, 4) is 11.5 Å². The van der Waals surface area contributed by atoms with Crippen LogP contribution >= 0.6 is 0 Å². The van der Waals surface area contributed by atoms with Crippen LogP contribution in [0.2, 0.25) is 0 Å². The number of hydrogen-bond acceptors (Lipinski definition) is 4. The van der Waals surface area contributed by atoms with Crippen LogP contribution in [0.3, 0.4) is 0 Å². The van der Waals surface area contributed by atoms with Gasteiger partial charge in [0, 0.05) is 4.90 Å². The predicted molar refractivity (Wildman–Crippen MR) is 46.5 cm³/mol. The molecular formula is C8H9O4S-. The molecule has 0 radical (unpaired) electrons. The van der Waals surface area contributed by atoms with E-state index in [0.717, 1.165) is 0 Å². The lowest BCUT2D eigenvalue weighted by Gasteiger charge is -2.04. The molecule has 1 heterocycles. The second-order valence-electron chi connectivity index (χ2n) is 2.25. The van der Waals surface area contributed by atoms with Gasteiger partial charge >= 0.3 is 0 Å². The van der Waals surface area contributed by atoms with E-state index in [9.17, 15) is 8.76 Å². The van der Waals surface area contributed by atoms with Crippen molar-refractivity contribution >= 4 is 11.1 Å². The van der Waals surface area contributed by atoms with Gasteiger partial charge in [0.05, 0.1) is 0 Å². The zero-order valence-electron chi connectivity index (χ0n) is 5.98. The van der Waals surface area contributed by atoms with Crippen LogP contribution in [-0.4, -0.2) is 15.6 Å². The summed E-state index contributed by atoms with van der Waals surface area (Å²) in [5.74, 6) is 1.07. The van der Waals surface area contributed by atoms with Crippen LogP contribution in [0.1, 0.15) is 7.43 Å². The Morgan fingerprint density at radius 1 is 1.31 bits per heavy atom. The molecule has 0 aromatic heterocycles. The van der Waals surface area contributed by atoms with Gasteiger partial charge in [-0.3, -0.25) is 4.21 Å². The molecule has 72 valence electrons. The van der Waals surface area contributed by atoms with Crippen molar-refractivity contribution < 1.29 is 18.2 Å². The quantitative estimate of drug-likeness (QED) is 0.642. The lowest BCUT2D eigenvalue weighted by Crippen LogP contribution is -1.93. The minimum Gasteiger partial charge on any atom is -0.768 e. The lowest BCUT2D eigenvalue weighted by molar-refractivity contribution is 0.174. The fourth-order valence-corrected chi connectivity index (χ4v) is 1.36. The van der Waals surface area contributed by atoms with Crippen LogP contribution < -0.4 is 9.47 Å². The molecule has 1 aliphatic heterocycles. The maximum absolute atomic E-state index is 10.5. The highest BCUT2D eigenvalue weighted by Gasteiger charge is 2.12. The summed E-state index contributed by atoms with van der Waals surface area (Å²) in [6.07, 6.45) is 0. The maximum Gasteiger partial charge on any atom is 0.231 e. The normalized spacial score (nSPS) is 14.8. The van der Waals surface area contributed by atoms with Crippen LogP contribution in [0.5, 0.6) is 11.5 Å². The van der Waals surface area contributed by atoms with Gasteiger partial charge in [-0.2, -0.15) is 0 Å². The van der Waals surface area contributed by atoms with Crippen molar-refractivity contribution in [1.82, 2.24) is 0 Å². The van der Waals surface area contributed by atoms with Gasteiger partial charge in [-0.05, 0) is 29.3 Å². The van der Waals surface area contributed by atoms with Crippen molar-refractivity contribution in [2.45, 2.75) is 12.3 Å².